The number of hydrogen-bond acceptors (Lipinski definition) is 3. The van der Waals surface area contributed by atoms with Gasteiger partial charge in [0.05, 0.1) is 0 Å². The fraction of sp³-hybridized carbons (Fsp3) is 0.857. The van der Waals surface area contributed by atoms with E-state index in [4.69, 9.17) is 10.9 Å². The molecule has 112 valence electrons. The highest BCUT2D eigenvalue weighted by atomic mass is 16.4. The lowest BCUT2D eigenvalue weighted by Gasteiger charge is -2.32. The lowest BCUT2D eigenvalue weighted by atomic mass is 9.77. The molecule has 5 nitrogen and oxygen atoms in total. The number of amides is 1. The Morgan fingerprint density at radius 2 is 1.68 bits per heavy atom. The van der Waals surface area contributed by atoms with Crippen molar-refractivity contribution in [1.82, 2.24) is 5.32 Å². The SMILES string of the molecule is CCCC(CCC)(C(=O)NCC(C)(C)C)C(N)=NO. The normalized spacial score (nSPS) is 13.4. The molecule has 0 rings (SSSR count). The summed E-state index contributed by atoms with van der Waals surface area (Å²) in [7, 11) is 0. The van der Waals surface area contributed by atoms with Crippen LogP contribution in [0.3, 0.4) is 0 Å². The van der Waals surface area contributed by atoms with E-state index in [1.165, 1.54) is 0 Å². The Kier molecular flexibility index (Phi) is 6.87. The maximum Gasteiger partial charge on any atom is 0.233 e. The minimum Gasteiger partial charge on any atom is -0.409 e. The van der Waals surface area contributed by atoms with Crippen molar-refractivity contribution in [2.75, 3.05) is 6.54 Å². The van der Waals surface area contributed by atoms with Crippen LogP contribution in [0, 0.1) is 10.8 Å². The summed E-state index contributed by atoms with van der Waals surface area (Å²) in [6.45, 7) is 10.7. The molecule has 5 heteroatoms. The number of amidine groups is 1. The molecule has 0 heterocycles. The van der Waals surface area contributed by atoms with Crippen LogP contribution in [0.15, 0.2) is 5.16 Å². The number of oxime groups is 1. The van der Waals surface area contributed by atoms with E-state index < -0.39 is 5.41 Å². The molecular formula is C14H29N3O2. The van der Waals surface area contributed by atoms with Crippen LogP contribution in [-0.2, 0) is 4.79 Å². The summed E-state index contributed by atoms with van der Waals surface area (Å²) in [6.07, 6.45) is 2.79. The molecule has 0 bridgehead atoms. The molecule has 0 saturated carbocycles. The molecular weight excluding hydrogens is 242 g/mol. The Bertz CT molecular complexity index is 313. The number of carbonyl (C=O) groups excluding carboxylic acids is 1. The van der Waals surface area contributed by atoms with Gasteiger partial charge in [0.2, 0.25) is 5.91 Å². The minimum atomic E-state index is -0.885. The first-order valence-electron chi connectivity index (χ1n) is 6.99. The third kappa shape index (κ3) is 5.09. The third-order valence-corrected chi connectivity index (χ3v) is 3.17. The van der Waals surface area contributed by atoms with Gasteiger partial charge >= 0.3 is 0 Å². The largest absolute Gasteiger partial charge is 0.409 e. The van der Waals surface area contributed by atoms with Gasteiger partial charge in [0, 0.05) is 6.54 Å². The number of nitrogens with two attached hydrogens (primary N) is 1. The van der Waals surface area contributed by atoms with Gasteiger partial charge < -0.3 is 16.3 Å². The number of carbonyl (C=O) groups is 1. The van der Waals surface area contributed by atoms with Crippen molar-refractivity contribution in [3.8, 4) is 0 Å². The minimum absolute atomic E-state index is 0.00491. The Balaban J connectivity index is 5.15. The molecule has 0 aromatic carbocycles. The second-order valence-corrected chi connectivity index (χ2v) is 6.31. The molecule has 0 spiro atoms. The van der Waals surface area contributed by atoms with E-state index in [2.05, 4.69) is 31.2 Å². The highest BCUT2D eigenvalue weighted by molar-refractivity contribution is 6.06. The van der Waals surface area contributed by atoms with E-state index in [0.717, 1.165) is 12.8 Å². The quantitative estimate of drug-likeness (QED) is 0.288. The molecule has 0 aliphatic carbocycles. The molecule has 1 amide bonds. The van der Waals surface area contributed by atoms with Crippen molar-refractivity contribution in [3.05, 3.63) is 0 Å². The van der Waals surface area contributed by atoms with E-state index in [-0.39, 0.29) is 17.2 Å². The summed E-state index contributed by atoms with van der Waals surface area (Å²) < 4.78 is 0. The first kappa shape index (κ1) is 17.7. The Morgan fingerprint density at radius 1 is 1.21 bits per heavy atom. The van der Waals surface area contributed by atoms with Gasteiger partial charge in [-0.2, -0.15) is 0 Å². The summed E-state index contributed by atoms with van der Waals surface area (Å²) in [5, 5.41) is 15.0. The van der Waals surface area contributed by atoms with Crippen molar-refractivity contribution in [2.24, 2.45) is 21.7 Å². The number of rotatable bonds is 7. The van der Waals surface area contributed by atoms with Gasteiger partial charge in [0.15, 0.2) is 5.84 Å². The second kappa shape index (κ2) is 7.36. The van der Waals surface area contributed by atoms with Crippen LogP contribution in [0.2, 0.25) is 0 Å². The van der Waals surface area contributed by atoms with Crippen molar-refractivity contribution < 1.29 is 10.0 Å². The number of hydrogen-bond donors (Lipinski definition) is 3. The molecule has 0 aliphatic rings. The molecule has 0 radical (unpaired) electrons. The maximum absolute atomic E-state index is 12.5. The van der Waals surface area contributed by atoms with Crippen molar-refractivity contribution in [3.63, 3.8) is 0 Å². The van der Waals surface area contributed by atoms with E-state index in [1.54, 1.807) is 0 Å². The van der Waals surface area contributed by atoms with Crippen LogP contribution in [-0.4, -0.2) is 23.5 Å². The number of nitrogens with zero attached hydrogens (tertiary/aromatic N) is 1. The first-order chi connectivity index (χ1) is 8.73. The zero-order chi connectivity index (χ0) is 15.1. The fourth-order valence-corrected chi connectivity index (χ4v) is 2.19. The van der Waals surface area contributed by atoms with E-state index >= 15 is 0 Å². The predicted octanol–water partition coefficient (Wildman–Crippen LogP) is 2.48. The van der Waals surface area contributed by atoms with E-state index in [1.807, 2.05) is 13.8 Å². The average molecular weight is 271 g/mol. The van der Waals surface area contributed by atoms with Crippen LogP contribution in [0.25, 0.3) is 0 Å². The van der Waals surface area contributed by atoms with Crippen LogP contribution in [0.5, 0.6) is 0 Å². The Morgan fingerprint density at radius 3 is 2.00 bits per heavy atom. The zero-order valence-corrected chi connectivity index (χ0v) is 12.9. The lowest BCUT2D eigenvalue weighted by Crippen LogP contribution is -2.51. The Hall–Kier alpha value is -1.26. The summed E-state index contributed by atoms with van der Waals surface area (Å²) in [5.74, 6) is -0.121. The average Bonchev–Trinajstić information content (AvgIpc) is 2.33. The first-order valence-corrected chi connectivity index (χ1v) is 6.99. The third-order valence-electron chi connectivity index (χ3n) is 3.17. The van der Waals surface area contributed by atoms with Gasteiger partial charge in [0.25, 0.3) is 0 Å². The maximum atomic E-state index is 12.5. The zero-order valence-electron chi connectivity index (χ0n) is 12.9. The van der Waals surface area contributed by atoms with Gasteiger partial charge in [-0.3, -0.25) is 4.79 Å². The fourth-order valence-electron chi connectivity index (χ4n) is 2.19. The summed E-state index contributed by atoms with van der Waals surface area (Å²) in [4.78, 5) is 12.5. The second-order valence-electron chi connectivity index (χ2n) is 6.31. The monoisotopic (exact) mass is 271 g/mol. The van der Waals surface area contributed by atoms with Gasteiger partial charge in [-0.1, -0.05) is 52.6 Å². The molecule has 19 heavy (non-hydrogen) atoms. The molecule has 0 atom stereocenters. The molecule has 0 aliphatic heterocycles. The standard InChI is InChI=1S/C14H29N3O2/c1-6-8-14(9-7-2,11(15)17-19)12(18)16-10-13(3,4)5/h19H,6-10H2,1-5H3,(H2,15,17)(H,16,18). The molecule has 0 aromatic heterocycles. The van der Waals surface area contributed by atoms with Crippen molar-refractivity contribution >= 4 is 11.7 Å². The van der Waals surface area contributed by atoms with Crippen LogP contribution in [0.1, 0.15) is 60.3 Å². The van der Waals surface area contributed by atoms with Crippen LogP contribution in [0.4, 0.5) is 0 Å². The van der Waals surface area contributed by atoms with Crippen molar-refractivity contribution in [1.29, 1.82) is 0 Å². The lowest BCUT2D eigenvalue weighted by molar-refractivity contribution is -0.128. The van der Waals surface area contributed by atoms with Gasteiger partial charge in [-0.05, 0) is 18.3 Å². The topological polar surface area (TPSA) is 87.7 Å². The summed E-state index contributed by atoms with van der Waals surface area (Å²) in [5.41, 5.74) is 4.92. The number of nitrogens with one attached hydrogen (secondary N) is 1. The van der Waals surface area contributed by atoms with Crippen molar-refractivity contribution in [2.45, 2.75) is 60.3 Å². The molecule has 0 fully saturated rings. The predicted molar refractivity (Wildman–Crippen MR) is 78.1 cm³/mol. The van der Waals surface area contributed by atoms with Gasteiger partial charge in [0.1, 0.15) is 5.41 Å². The highest BCUT2D eigenvalue weighted by Crippen LogP contribution is 2.31. The van der Waals surface area contributed by atoms with E-state index in [0.29, 0.717) is 19.4 Å². The summed E-state index contributed by atoms with van der Waals surface area (Å²) >= 11 is 0. The van der Waals surface area contributed by atoms with Gasteiger partial charge in [-0.15, -0.1) is 0 Å². The smallest absolute Gasteiger partial charge is 0.233 e. The van der Waals surface area contributed by atoms with E-state index in [9.17, 15) is 4.79 Å². The molecule has 0 unspecified atom stereocenters. The summed E-state index contributed by atoms with van der Waals surface area (Å²) in [6, 6.07) is 0. The highest BCUT2D eigenvalue weighted by Gasteiger charge is 2.41. The molecule has 0 saturated heterocycles. The van der Waals surface area contributed by atoms with Crippen LogP contribution < -0.4 is 11.1 Å². The molecule has 4 N–H and O–H groups in total. The van der Waals surface area contributed by atoms with Crippen LogP contribution >= 0.6 is 0 Å². The molecule has 0 aromatic rings. The van der Waals surface area contributed by atoms with Gasteiger partial charge in [-0.25, -0.2) is 0 Å². The Labute approximate surface area is 116 Å².